The van der Waals surface area contributed by atoms with E-state index < -0.39 is 0 Å². The van der Waals surface area contributed by atoms with Gasteiger partial charge in [-0.05, 0) is 5.92 Å². The van der Waals surface area contributed by atoms with E-state index in [-0.39, 0.29) is 0 Å². The highest BCUT2D eigenvalue weighted by molar-refractivity contribution is 4.62. The molecule has 1 radical (unpaired) electrons. The van der Waals surface area contributed by atoms with Gasteiger partial charge >= 0.3 is 0 Å². The summed E-state index contributed by atoms with van der Waals surface area (Å²) in [5.41, 5.74) is 0. The zero-order valence-corrected chi connectivity index (χ0v) is 14.6. The zero-order chi connectivity index (χ0) is 14.9. The molecule has 0 saturated heterocycles. The van der Waals surface area contributed by atoms with Crippen molar-refractivity contribution in [2.24, 2.45) is 5.92 Å². The van der Waals surface area contributed by atoms with Crippen LogP contribution in [0.2, 0.25) is 0 Å². The van der Waals surface area contributed by atoms with Crippen molar-refractivity contribution in [2.45, 2.75) is 117 Å². The molecular formula is C20H41. The van der Waals surface area contributed by atoms with Crippen molar-refractivity contribution in [1.82, 2.24) is 0 Å². The van der Waals surface area contributed by atoms with Gasteiger partial charge in [-0.3, -0.25) is 0 Å². The quantitative estimate of drug-likeness (QED) is 0.254. The average molecular weight is 282 g/mol. The largest absolute Gasteiger partial charge is 0.0654 e. The summed E-state index contributed by atoms with van der Waals surface area (Å²) in [5, 5.41) is 0. The average Bonchev–Trinajstić information content (AvgIpc) is 2.45. The molecule has 0 amide bonds. The Balaban J connectivity index is 3.10. The molecule has 0 aromatic carbocycles. The highest BCUT2D eigenvalue weighted by Crippen LogP contribution is 2.18. The molecule has 0 nitrogen and oxygen atoms in total. The Bertz CT molecular complexity index is 161. The molecule has 1 unspecified atom stereocenters. The van der Waals surface area contributed by atoms with E-state index in [1.807, 2.05) is 0 Å². The van der Waals surface area contributed by atoms with Crippen molar-refractivity contribution in [3.05, 3.63) is 6.92 Å². The van der Waals surface area contributed by atoms with Crippen LogP contribution in [-0.4, -0.2) is 0 Å². The molecule has 121 valence electrons. The predicted molar refractivity (Wildman–Crippen MR) is 94.1 cm³/mol. The molecule has 0 aliphatic carbocycles. The number of hydrogen-bond acceptors (Lipinski definition) is 0. The van der Waals surface area contributed by atoms with Crippen LogP contribution in [0.1, 0.15) is 117 Å². The minimum atomic E-state index is 0.723. The zero-order valence-electron chi connectivity index (χ0n) is 14.6. The lowest BCUT2D eigenvalue weighted by Crippen LogP contribution is -1.95. The van der Waals surface area contributed by atoms with Gasteiger partial charge in [-0.2, -0.15) is 0 Å². The summed E-state index contributed by atoms with van der Waals surface area (Å²) in [4.78, 5) is 0. The highest BCUT2D eigenvalue weighted by atomic mass is 14.1. The Morgan fingerprint density at radius 1 is 0.500 bits per heavy atom. The molecule has 0 aliphatic heterocycles. The van der Waals surface area contributed by atoms with Crippen LogP contribution < -0.4 is 0 Å². The van der Waals surface area contributed by atoms with Gasteiger partial charge < -0.3 is 0 Å². The van der Waals surface area contributed by atoms with E-state index in [9.17, 15) is 0 Å². The normalized spacial score (nSPS) is 12.8. The van der Waals surface area contributed by atoms with Gasteiger partial charge in [0.05, 0.1) is 0 Å². The molecule has 0 fully saturated rings. The summed E-state index contributed by atoms with van der Waals surface area (Å²) in [6.07, 6.45) is 22.7. The van der Waals surface area contributed by atoms with Crippen LogP contribution in [0, 0.1) is 12.8 Å². The van der Waals surface area contributed by atoms with Crippen LogP contribution in [0.4, 0.5) is 0 Å². The second kappa shape index (κ2) is 17.1. The van der Waals surface area contributed by atoms with Gasteiger partial charge in [-0.1, -0.05) is 124 Å². The molecule has 0 saturated carbocycles. The topological polar surface area (TPSA) is 0 Å². The Hall–Kier alpha value is 0. The molecule has 1 atom stereocenters. The van der Waals surface area contributed by atoms with Crippen LogP contribution in [0.5, 0.6) is 0 Å². The van der Waals surface area contributed by atoms with Gasteiger partial charge in [-0.15, -0.1) is 0 Å². The Kier molecular flexibility index (Phi) is 17.1. The highest BCUT2D eigenvalue weighted by Gasteiger charge is 2.02. The van der Waals surface area contributed by atoms with E-state index in [2.05, 4.69) is 20.8 Å². The lowest BCUT2D eigenvalue weighted by atomic mass is 9.96. The predicted octanol–water partition coefficient (Wildman–Crippen LogP) is 7.72. The third kappa shape index (κ3) is 16.1. The Labute approximate surface area is 130 Å². The second-order valence-corrected chi connectivity index (χ2v) is 6.69. The number of unbranched alkanes of at least 4 members (excludes halogenated alkanes) is 12. The van der Waals surface area contributed by atoms with Crippen LogP contribution in [0.25, 0.3) is 0 Å². The minimum Gasteiger partial charge on any atom is -0.0654 e. The summed E-state index contributed by atoms with van der Waals surface area (Å²) in [7, 11) is 0. The van der Waals surface area contributed by atoms with Crippen molar-refractivity contribution in [1.29, 1.82) is 0 Å². The Morgan fingerprint density at radius 3 is 1.15 bits per heavy atom. The van der Waals surface area contributed by atoms with E-state index in [1.54, 1.807) is 0 Å². The summed E-state index contributed by atoms with van der Waals surface area (Å²) in [6.45, 7) is 8.91. The maximum atomic E-state index is 4.33. The van der Waals surface area contributed by atoms with Crippen molar-refractivity contribution >= 4 is 0 Å². The third-order valence-corrected chi connectivity index (χ3v) is 4.43. The van der Waals surface area contributed by atoms with Gasteiger partial charge in [0, 0.05) is 0 Å². The van der Waals surface area contributed by atoms with Gasteiger partial charge in [-0.25, -0.2) is 0 Å². The minimum absolute atomic E-state index is 0.723. The van der Waals surface area contributed by atoms with Crippen molar-refractivity contribution in [3.8, 4) is 0 Å². The fraction of sp³-hybridized carbons (Fsp3) is 0.950. The standard InChI is InChI=1S/C20H41/c1-4-6-8-10-12-13-15-17-19-20(3)18-16-14-11-9-7-5-2/h20H,3-19H2,1-2H3. The van der Waals surface area contributed by atoms with E-state index in [0.717, 1.165) is 5.92 Å². The summed E-state index contributed by atoms with van der Waals surface area (Å²) < 4.78 is 0. The maximum Gasteiger partial charge on any atom is -0.0414 e. The lowest BCUT2D eigenvalue weighted by Gasteiger charge is -2.10. The van der Waals surface area contributed by atoms with E-state index in [0.29, 0.717) is 0 Å². The summed E-state index contributed by atoms with van der Waals surface area (Å²) in [6, 6.07) is 0. The third-order valence-electron chi connectivity index (χ3n) is 4.43. The van der Waals surface area contributed by atoms with E-state index >= 15 is 0 Å². The van der Waals surface area contributed by atoms with Crippen LogP contribution in [-0.2, 0) is 0 Å². The summed E-state index contributed by atoms with van der Waals surface area (Å²) >= 11 is 0. The molecule has 0 rings (SSSR count). The number of hydrogen-bond donors (Lipinski definition) is 0. The molecule has 0 heteroatoms. The molecule has 0 aromatic heterocycles. The first-order valence-electron chi connectivity index (χ1n) is 9.64. The van der Waals surface area contributed by atoms with E-state index in [4.69, 9.17) is 0 Å². The van der Waals surface area contributed by atoms with Crippen molar-refractivity contribution < 1.29 is 0 Å². The molecule has 0 spiro atoms. The van der Waals surface area contributed by atoms with Gasteiger partial charge in [0.2, 0.25) is 0 Å². The fourth-order valence-electron chi connectivity index (χ4n) is 2.92. The van der Waals surface area contributed by atoms with Crippen LogP contribution >= 0.6 is 0 Å². The molecule has 0 aromatic rings. The molecule has 0 N–H and O–H groups in total. The van der Waals surface area contributed by atoms with E-state index in [1.165, 1.54) is 103 Å². The lowest BCUT2D eigenvalue weighted by molar-refractivity contribution is 0.462. The van der Waals surface area contributed by atoms with Crippen molar-refractivity contribution in [2.75, 3.05) is 0 Å². The monoisotopic (exact) mass is 281 g/mol. The first-order valence-corrected chi connectivity index (χ1v) is 9.64. The SMILES string of the molecule is [CH2]C(CCCCCCCC)CCCCCCCCCC. The Morgan fingerprint density at radius 2 is 0.800 bits per heavy atom. The molecule has 0 bridgehead atoms. The first kappa shape index (κ1) is 20.0. The van der Waals surface area contributed by atoms with Crippen LogP contribution in [0.15, 0.2) is 0 Å². The van der Waals surface area contributed by atoms with Crippen LogP contribution in [0.3, 0.4) is 0 Å². The smallest absolute Gasteiger partial charge is 0.0414 e. The van der Waals surface area contributed by atoms with Gasteiger partial charge in [0.1, 0.15) is 0 Å². The maximum absolute atomic E-state index is 4.33. The molecule has 0 heterocycles. The van der Waals surface area contributed by atoms with Gasteiger partial charge in [0.15, 0.2) is 0 Å². The molecule has 20 heavy (non-hydrogen) atoms. The summed E-state index contributed by atoms with van der Waals surface area (Å²) in [5.74, 6) is 0.723. The van der Waals surface area contributed by atoms with Crippen molar-refractivity contribution in [3.63, 3.8) is 0 Å². The molecule has 0 aliphatic rings. The fourth-order valence-corrected chi connectivity index (χ4v) is 2.92. The first-order chi connectivity index (χ1) is 9.81. The molecular weight excluding hydrogens is 240 g/mol. The second-order valence-electron chi connectivity index (χ2n) is 6.69. The number of rotatable bonds is 16. The van der Waals surface area contributed by atoms with Gasteiger partial charge in [0.25, 0.3) is 0 Å².